The Balaban J connectivity index is 1.51. The van der Waals surface area contributed by atoms with Gasteiger partial charge in [-0.05, 0) is 58.4 Å². The zero-order valence-electron chi connectivity index (χ0n) is 15.5. The van der Waals surface area contributed by atoms with Crippen LogP contribution in [-0.4, -0.2) is 6.61 Å². The molecule has 0 heterocycles. The molecule has 1 heteroatoms. The van der Waals surface area contributed by atoms with Gasteiger partial charge in [-0.3, -0.25) is 0 Å². The van der Waals surface area contributed by atoms with Crippen LogP contribution in [0.2, 0.25) is 0 Å². The van der Waals surface area contributed by atoms with Crippen LogP contribution in [0.15, 0.2) is 66.7 Å². The maximum absolute atomic E-state index is 5.89. The van der Waals surface area contributed by atoms with Crippen molar-refractivity contribution in [1.29, 1.82) is 0 Å². The maximum atomic E-state index is 5.89. The summed E-state index contributed by atoms with van der Waals surface area (Å²) in [5, 5.41) is 0. The van der Waals surface area contributed by atoms with Crippen LogP contribution in [0.25, 0.3) is 22.3 Å². The van der Waals surface area contributed by atoms with E-state index < -0.39 is 0 Å². The fourth-order valence-corrected chi connectivity index (χ4v) is 3.88. The van der Waals surface area contributed by atoms with Gasteiger partial charge in [0.15, 0.2) is 0 Å². The summed E-state index contributed by atoms with van der Waals surface area (Å²) in [5.74, 6) is 0.973. The lowest BCUT2D eigenvalue weighted by Gasteiger charge is -2.11. The Bertz CT molecular complexity index is 877. The van der Waals surface area contributed by atoms with Gasteiger partial charge < -0.3 is 4.74 Å². The first-order valence-electron chi connectivity index (χ1n) is 9.80. The Morgan fingerprint density at radius 1 is 0.731 bits per heavy atom. The SMILES string of the molecule is CCCCCCOc1ccc(-c2cccc3c2Cc2ccccc2-3)cc1. The van der Waals surface area contributed by atoms with E-state index >= 15 is 0 Å². The van der Waals surface area contributed by atoms with Gasteiger partial charge in [0, 0.05) is 0 Å². The summed E-state index contributed by atoms with van der Waals surface area (Å²) < 4.78 is 5.89. The van der Waals surface area contributed by atoms with Crippen molar-refractivity contribution < 1.29 is 4.74 Å². The fourth-order valence-electron chi connectivity index (χ4n) is 3.88. The molecule has 4 rings (SSSR count). The summed E-state index contributed by atoms with van der Waals surface area (Å²) in [7, 11) is 0. The molecule has 0 atom stereocenters. The lowest BCUT2D eigenvalue weighted by molar-refractivity contribution is 0.305. The minimum absolute atomic E-state index is 0.815. The predicted octanol–water partition coefficient (Wildman–Crippen LogP) is 6.88. The smallest absolute Gasteiger partial charge is 0.119 e. The van der Waals surface area contributed by atoms with E-state index in [0.29, 0.717) is 0 Å². The van der Waals surface area contributed by atoms with E-state index in [1.807, 2.05) is 0 Å². The van der Waals surface area contributed by atoms with Crippen molar-refractivity contribution in [2.45, 2.75) is 39.0 Å². The second-order valence-electron chi connectivity index (χ2n) is 7.10. The van der Waals surface area contributed by atoms with Crippen LogP contribution in [0, 0.1) is 0 Å². The number of hydrogen-bond acceptors (Lipinski definition) is 1. The van der Waals surface area contributed by atoms with Gasteiger partial charge >= 0.3 is 0 Å². The third-order valence-electron chi connectivity index (χ3n) is 5.28. The number of benzene rings is 3. The molecule has 0 saturated heterocycles. The zero-order valence-corrected chi connectivity index (χ0v) is 15.5. The van der Waals surface area contributed by atoms with Crippen molar-refractivity contribution in [3.8, 4) is 28.0 Å². The highest BCUT2D eigenvalue weighted by Gasteiger charge is 2.20. The number of fused-ring (bicyclic) bond motifs is 3. The van der Waals surface area contributed by atoms with Crippen molar-refractivity contribution in [3.05, 3.63) is 77.9 Å². The summed E-state index contributed by atoms with van der Waals surface area (Å²) in [6.07, 6.45) is 5.98. The van der Waals surface area contributed by atoms with Crippen LogP contribution in [0.3, 0.4) is 0 Å². The topological polar surface area (TPSA) is 9.23 Å². The molecular weight excluding hydrogens is 316 g/mol. The van der Waals surface area contributed by atoms with Gasteiger partial charge in [0.2, 0.25) is 0 Å². The molecular formula is C25H26O. The van der Waals surface area contributed by atoms with Crippen molar-refractivity contribution in [2.75, 3.05) is 6.61 Å². The van der Waals surface area contributed by atoms with Crippen molar-refractivity contribution in [3.63, 3.8) is 0 Å². The van der Waals surface area contributed by atoms with Crippen molar-refractivity contribution in [1.82, 2.24) is 0 Å². The lowest BCUT2D eigenvalue weighted by atomic mass is 9.96. The summed E-state index contributed by atoms with van der Waals surface area (Å²) in [4.78, 5) is 0. The van der Waals surface area contributed by atoms with E-state index in [9.17, 15) is 0 Å². The third kappa shape index (κ3) is 3.39. The average molecular weight is 342 g/mol. The minimum Gasteiger partial charge on any atom is -0.494 e. The molecule has 0 bridgehead atoms. The first-order valence-corrected chi connectivity index (χ1v) is 9.80. The number of ether oxygens (including phenoxy) is 1. The van der Waals surface area contributed by atoms with Gasteiger partial charge in [-0.1, -0.05) is 80.8 Å². The van der Waals surface area contributed by atoms with Gasteiger partial charge in [-0.15, -0.1) is 0 Å². The van der Waals surface area contributed by atoms with Gasteiger partial charge in [-0.25, -0.2) is 0 Å². The molecule has 1 aliphatic rings. The molecule has 1 aliphatic carbocycles. The average Bonchev–Trinajstić information content (AvgIpc) is 3.07. The molecule has 3 aromatic carbocycles. The standard InChI is InChI=1S/C25H26O/c1-2-3-4-7-17-26-21-15-13-19(14-16-21)22-11-8-12-24-23-10-6-5-9-20(23)18-25(22)24/h5-6,8-16H,2-4,7,17-18H2,1H3. The molecule has 0 saturated carbocycles. The van der Waals surface area contributed by atoms with Crippen molar-refractivity contribution >= 4 is 0 Å². The largest absolute Gasteiger partial charge is 0.494 e. The second-order valence-corrected chi connectivity index (χ2v) is 7.10. The summed E-state index contributed by atoms with van der Waals surface area (Å²) in [6.45, 7) is 3.05. The second kappa shape index (κ2) is 7.78. The summed E-state index contributed by atoms with van der Waals surface area (Å²) >= 11 is 0. The van der Waals surface area contributed by atoms with E-state index in [1.165, 1.54) is 52.6 Å². The molecule has 0 aliphatic heterocycles. The molecule has 0 aromatic heterocycles. The van der Waals surface area contributed by atoms with Crippen LogP contribution in [-0.2, 0) is 6.42 Å². The highest BCUT2D eigenvalue weighted by atomic mass is 16.5. The molecule has 0 unspecified atom stereocenters. The Kier molecular flexibility index (Phi) is 5.06. The van der Waals surface area contributed by atoms with E-state index in [-0.39, 0.29) is 0 Å². The molecule has 26 heavy (non-hydrogen) atoms. The van der Waals surface area contributed by atoms with E-state index in [1.54, 1.807) is 0 Å². The van der Waals surface area contributed by atoms with Crippen LogP contribution >= 0.6 is 0 Å². The fraction of sp³-hybridized carbons (Fsp3) is 0.280. The monoisotopic (exact) mass is 342 g/mol. The molecule has 1 nitrogen and oxygen atoms in total. The lowest BCUT2D eigenvalue weighted by Crippen LogP contribution is -1.97. The molecule has 0 spiro atoms. The highest BCUT2D eigenvalue weighted by Crippen LogP contribution is 2.41. The molecule has 0 N–H and O–H groups in total. The Hall–Kier alpha value is -2.54. The maximum Gasteiger partial charge on any atom is 0.119 e. The van der Waals surface area contributed by atoms with Gasteiger partial charge in [-0.2, -0.15) is 0 Å². The quantitative estimate of drug-likeness (QED) is 0.332. The van der Waals surface area contributed by atoms with Crippen LogP contribution in [0.1, 0.15) is 43.7 Å². The molecule has 132 valence electrons. The van der Waals surface area contributed by atoms with E-state index in [2.05, 4.69) is 73.7 Å². The van der Waals surface area contributed by atoms with Crippen LogP contribution in [0.4, 0.5) is 0 Å². The normalized spacial score (nSPS) is 11.9. The van der Waals surface area contributed by atoms with Crippen LogP contribution in [0.5, 0.6) is 5.75 Å². The molecule has 0 amide bonds. The summed E-state index contributed by atoms with van der Waals surface area (Å²) in [5.41, 5.74) is 8.26. The number of rotatable bonds is 7. The molecule has 3 aromatic rings. The van der Waals surface area contributed by atoms with Crippen LogP contribution < -0.4 is 4.74 Å². The molecule has 0 radical (unpaired) electrons. The van der Waals surface area contributed by atoms with Gasteiger partial charge in [0.05, 0.1) is 6.61 Å². The van der Waals surface area contributed by atoms with E-state index in [0.717, 1.165) is 25.2 Å². The Labute approximate surface area is 156 Å². The van der Waals surface area contributed by atoms with Gasteiger partial charge in [0.1, 0.15) is 5.75 Å². The summed E-state index contributed by atoms with van der Waals surface area (Å²) in [6, 6.07) is 24.0. The first-order chi connectivity index (χ1) is 12.9. The van der Waals surface area contributed by atoms with E-state index in [4.69, 9.17) is 4.74 Å². The highest BCUT2D eigenvalue weighted by molar-refractivity contribution is 5.84. The zero-order chi connectivity index (χ0) is 17.8. The Morgan fingerprint density at radius 3 is 2.35 bits per heavy atom. The van der Waals surface area contributed by atoms with Crippen molar-refractivity contribution in [2.24, 2.45) is 0 Å². The minimum atomic E-state index is 0.815. The number of unbranched alkanes of at least 4 members (excludes halogenated alkanes) is 3. The third-order valence-corrected chi connectivity index (χ3v) is 5.28. The Morgan fingerprint density at radius 2 is 1.50 bits per heavy atom. The number of hydrogen-bond donors (Lipinski definition) is 0. The molecule has 0 fully saturated rings. The predicted molar refractivity (Wildman–Crippen MR) is 110 cm³/mol. The first kappa shape index (κ1) is 16.9. The van der Waals surface area contributed by atoms with Gasteiger partial charge in [0.25, 0.3) is 0 Å².